The van der Waals surface area contributed by atoms with Crippen molar-refractivity contribution in [3.63, 3.8) is 0 Å². The molecule has 1 aromatic carbocycles. The van der Waals surface area contributed by atoms with E-state index in [9.17, 15) is 37.4 Å². The number of hydrogen-bond donors (Lipinski definition) is 6. The van der Waals surface area contributed by atoms with E-state index in [1.807, 2.05) is 0 Å². The van der Waals surface area contributed by atoms with Crippen molar-refractivity contribution in [3.05, 3.63) is 48.0 Å². The van der Waals surface area contributed by atoms with Gasteiger partial charge in [-0.15, -0.1) is 0 Å². The molecule has 0 spiro atoms. The molecule has 0 bridgehead atoms. The van der Waals surface area contributed by atoms with Crippen LogP contribution in [0.5, 0.6) is 0 Å². The average Bonchev–Trinajstić information content (AvgIpc) is 3.25. The van der Waals surface area contributed by atoms with Gasteiger partial charge in [-0.3, -0.25) is 13.7 Å². The van der Waals surface area contributed by atoms with Crippen molar-refractivity contribution >= 4 is 32.2 Å². The summed E-state index contributed by atoms with van der Waals surface area (Å²) in [6.45, 7) is -0.717. The van der Waals surface area contributed by atoms with Gasteiger partial charge in [0.25, 0.3) is 0 Å². The van der Waals surface area contributed by atoms with E-state index in [2.05, 4.69) is 24.8 Å². The van der Waals surface area contributed by atoms with E-state index < -0.39 is 57.9 Å². The predicted octanol–water partition coefficient (Wildman–Crippen LogP) is 1.66. The molecule has 14 nitrogen and oxygen atoms in total. The van der Waals surface area contributed by atoms with Crippen LogP contribution < -0.4 is 5.32 Å². The van der Waals surface area contributed by atoms with Gasteiger partial charge < -0.3 is 39.5 Å². The number of alkyl halides is 3. The lowest BCUT2D eigenvalue weighted by Crippen LogP contribution is -2.39. The van der Waals surface area contributed by atoms with Crippen molar-refractivity contribution in [2.75, 3.05) is 24.9 Å². The molecule has 0 saturated carbocycles. The smallest absolute Gasteiger partial charge is 0.386 e. The van der Waals surface area contributed by atoms with Crippen molar-refractivity contribution in [2.24, 2.45) is 0 Å². The summed E-state index contributed by atoms with van der Waals surface area (Å²) in [7, 11) is -8.51. The Morgan fingerprint density at radius 2 is 1.74 bits per heavy atom. The molecule has 0 aliphatic rings. The molecule has 0 saturated heterocycles. The quantitative estimate of drug-likeness (QED) is 0.167. The average molecular weight is 585 g/mol. The molecule has 38 heavy (non-hydrogen) atoms. The molecule has 2 aromatic heterocycles. The molecule has 6 N–H and O–H groups in total. The molecule has 0 aliphatic heterocycles. The molecule has 3 rings (SSSR count). The lowest BCUT2D eigenvalue weighted by Gasteiger charge is -2.27. The number of benzene rings is 1. The summed E-state index contributed by atoms with van der Waals surface area (Å²) < 4.78 is 71.8. The highest BCUT2D eigenvalue weighted by atomic mass is 31.2. The maximum absolute atomic E-state index is 12.7. The number of methoxy groups -OCH3 is 1. The fourth-order valence-corrected chi connectivity index (χ4v) is 5.87. The highest BCUT2D eigenvalue weighted by Crippen LogP contribution is 2.55. The van der Waals surface area contributed by atoms with E-state index in [0.717, 1.165) is 36.5 Å². The highest BCUT2D eigenvalue weighted by molar-refractivity contribution is 7.70. The van der Waals surface area contributed by atoms with E-state index in [-0.39, 0.29) is 23.5 Å². The summed E-state index contributed by atoms with van der Waals surface area (Å²) in [6, 6.07) is 4.48. The van der Waals surface area contributed by atoms with Gasteiger partial charge in [0.15, 0.2) is 29.1 Å². The third-order valence-corrected chi connectivity index (χ3v) is 8.63. The number of imidazole rings is 1. The molecule has 19 heteroatoms. The second kappa shape index (κ2) is 11.7. The van der Waals surface area contributed by atoms with Crippen molar-refractivity contribution in [1.29, 1.82) is 0 Å². The zero-order valence-corrected chi connectivity index (χ0v) is 21.3. The van der Waals surface area contributed by atoms with Gasteiger partial charge in [-0.2, -0.15) is 13.2 Å². The van der Waals surface area contributed by atoms with Gasteiger partial charge in [-0.25, -0.2) is 15.0 Å². The van der Waals surface area contributed by atoms with Crippen LogP contribution in [0.4, 0.5) is 19.0 Å². The Labute approximate surface area is 212 Å². The van der Waals surface area contributed by atoms with Crippen LogP contribution in [0, 0.1) is 0 Å². The fraction of sp³-hybridized carbons (Fsp3) is 0.421. The molecule has 210 valence electrons. The number of ether oxygens (including phenoxy) is 1. The minimum absolute atomic E-state index is 0.0478. The number of rotatable bonds is 12. The second-order valence-corrected chi connectivity index (χ2v) is 12.0. The van der Waals surface area contributed by atoms with E-state index in [1.54, 1.807) is 0 Å². The monoisotopic (exact) mass is 585 g/mol. The largest absolute Gasteiger partial charge is 0.416 e. The first-order valence-electron chi connectivity index (χ1n) is 10.6. The van der Waals surface area contributed by atoms with Crippen LogP contribution >= 0.6 is 15.2 Å². The van der Waals surface area contributed by atoms with Crippen LogP contribution in [0.25, 0.3) is 11.2 Å². The third-order valence-electron chi connectivity index (χ3n) is 5.18. The first kappa shape index (κ1) is 30.1. The minimum Gasteiger partial charge on any atom is -0.386 e. The normalized spacial score (nSPS) is 16.7. The first-order chi connectivity index (χ1) is 17.6. The van der Waals surface area contributed by atoms with Gasteiger partial charge in [0, 0.05) is 13.7 Å². The zero-order valence-electron chi connectivity index (χ0n) is 19.5. The number of aliphatic hydroxyl groups is 2. The SMILES string of the molecule is CO[C@H](COP(=O)(O)CP(=O)(O)O)[C@@H](O)[C@@H](O)n1cnc2c(NCc3ccc(C(F)(F)F)cc3)ncnc21. The van der Waals surface area contributed by atoms with Gasteiger partial charge in [0.2, 0.25) is 0 Å². The Morgan fingerprint density at radius 1 is 1.08 bits per heavy atom. The van der Waals surface area contributed by atoms with E-state index in [1.165, 1.54) is 12.1 Å². The maximum atomic E-state index is 12.7. The number of aromatic nitrogens is 4. The van der Waals surface area contributed by atoms with Crippen LogP contribution in [0.1, 0.15) is 17.4 Å². The predicted molar refractivity (Wildman–Crippen MR) is 125 cm³/mol. The molecule has 0 amide bonds. The molecule has 0 fully saturated rings. The Balaban J connectivity index is 1.72. The maximum Gasteiger partial charge on any atom is 0.416 e. The van der Waals surface area contributed by atoms with E-state index in [0.29, 0.717) is 5.56 Å². The van der Waals surface area contributed by atoms with Crippen LogP contribution in [0.15, 0.2) is 36.9 Å². The van der Waals surface area contributed by atoms with Gasteiger partial charge in [-0.1, -0.05) is 12.1 Å². The molecule has 1 unspecified atom stereocenters. The van der Waals surface area contributed by atoms with Crippen LogP contribution in [0.2, 0.25) is 0 Å². The highest BCUT2D eigenvalue weighted by Gasteiger charge is 2.35. The number of fused-ring (bicyclic) bond motifs is 1. The summed E-state index contributed by atoms with van der Waals surface area (Å²) >= 11 is 0. The third kappa shape index (κ3) is 7.79. The molecule has 0 aliphatic carbocycles. The Bertz CT molecular complexity index is 1340. The lowest BCUT2D eigenvalue weighted by molar-refractivity contribution is -0.137. The molecular weight excluding hydrogens is 561 g/mol. The Morgan fingerprint density at radius 3 is 2.32 bits per heavy atom. The second-order valence-electron chi connectivity index (χ2n) is 8.01. The summed E-state index contributed by atoms with van der Waals surface area (Å²) in [5, 5.41) is 24.2. The number of hydrogen-bond acceptors (Lipinski definition) is 10. The van der Waals surface area contributed by atoms with Crippen molar-refractivity contribution < 1.29 is 56.5 Å². The molecule has 2 heterocycles. The van der Waals surface area contributed by atoms with Gasteiger partial charge in [0.1, 0.15) is 18.5 Å². The Hall–Kier alpha value is -2.46. The van der Waals surface area contributed by atoms with Crippen LogP contribution in [0.3, 0.4) is 0 Å². The van der Waals surface area contributed by atoms with E-state index in [4.69, 9.17) is 14.5 Å². The molecular formula is C19H24F3N5O9P2. The molecule has 3 aromatic rings. The molecule has 0 radical (unpaired) electrons. The number of halogens is 3. The Kier molecular flexibility index (Phi) is 9.29. The standard InChI is InChI=1S/C19H24F3N5O9P2/c1-35-13(7-36-38(33,34)10-37(30,31)32)15(28)18(29)27-9-26-14-16(24-8-25-17(14)27)23-6-11-2-4-12(5-3-11)19(20,21)22/h2-5,8-9,13,15,18,28-29H,6-7,10H2,1H3,(H,33,34)(H,23,24,25)(H2,30,31,32)/t13-,15-,18-/m1/s1. The topological polar surface area (TPSA) is 209 Å². The van der Waals surface area contributed by atoms with Gasteiger partial charge in [0.05, 0.1) is 18.5 Å². The summed E-state index contributed by atoms with van der Waals surface area (Å²) in [5.74, 6) is -1.26. The number of nitrogens with one attached hydrogen (secondary N) is 1. The summed E-state index contributed by atoms with van der Waals surface area (Å²) in [4.78, 5) is 39.5. The van der Waals surface area contributed by atoms with Crippen molar-refractivity contribution in [3.8, 4) is 0 Å². The zero-order chi connectivity index (χ0) is 28.3. The van der Waals surface area contributed by atoms with E-state index >= 15 is 0 Å². The summed E-state index contributed by atoms with van der Waals surface area (Å²) in [5.41, 5.74) is -0.0770. The lowest BCUT2D eigenvalue weighted by atomic mass is 10.1. The van der Waals surface area contributed by atoms with Crippen molar-refractivity contribution in [2.45, 2.75) is 31.2 Å². The number of nitrogens with zero attached hydrogens (tertiary/aromatic N) is 4. The van der Waals surface area contributed by atoms with Gasteiger partial charge in [-0.05, 0) is 17.7 Å². The number of aliphatic hydroxyl groups excluding tert-OH is 2. The van der Waals surface area contributed by atoms with Crippen LogP contribution in [-0.4, -0.2) is 76.2 Å². The van der Waals surface area contributed by atoms with Crippen molar-refractivity contribution in [1.82, 2.24) is 19.5 Å². The minimum atomic E-state index is -4.87. The number of anilines is 1. The summed E-state index contributed by atoms with van der Waals surface area (Å²) in [6.07, 6.45) is -7.20. The van der Waals surface area contributed by atoms with Crippen LogP contribution in [-0.2, 0) is 31.1 Å². The van der Waals surface area contributed by atoms with Gasteiger partial charge >= 0.3 is 21.4 Å². The first-order valence-corrected chi connectivity index (χ1v) is 14.1. The molecule has 4 atom stereocenters. The fourth-order valence-electron chi connectivity index (χ4n) is 3.30.